The Balaban J connectivity index is 1.96. The summed E-state index contributed by atoms with van der Waals surface area (Å²) >= 11 is 6.46. The van der Waals surface area contributed by atoms with Gasteiger partial charge in [-0.3, -0.25) is 4.79 Å². The zero-order valence-electron chi connectivity index (χ0n) is 13.8. The second kappa shape index (κ2) is 6.80. The van der Waals surface area contributed by atoms with Gasteiger partial charge >= 0.3 is 0 Å². The summed E-state index contributed by atoms with van der Waals surface area (Å²) in [5, 5.41) is 4.17. The molecule has 2 aliphatic rings. The molecule has 0 radical (unpaired) electrons. The summed E-state index contributed by atoms with van der Waals surface area (Å²) in [4.78, 5) is 15.5. The number of rotatable bonds is 2. The van der Waals surface area contributed by atoms with Crippen molar-refractivity contribution in [1.29, 1.82) is 0 Å². The van der Waals surface area contributed by atoms with Crippen molar-refractivity contribution in [1.82, 2.24) is 10.2 Å². The van der Waals surface area contributed by atoms with Gasteiger partial charge in [0.2, 0.25) is 5.91 Å². The molecule has 2 saturated heterocycles. The van der Waals surface area contributed by atoms with E-state index in [2.05, 4.69) is 19.2 Å². The highest BCUT2D eigenvalue weighted by Crippen LogP contribution is 2.40. The summed E-state index contributed by atoms with van der Waals surface area (Å²) in [6.45, 7) is 6.96. The van der Waals surface area contributed by atoms with Gasteiger partial charge in [-0.2, -0.15) is 0 Å². The van der Waals surface area contributed by atoms with E-state index in [0.717, 1.165) is 18.7 Å². The molecule has 1 N–H and O–H groups in total. The standard InChI is InChI=1S/C18H25ClN2O2/c1-13-11-21(12-14(2)20-13)17(22)18(7-9-23-10-8-18)15-5-3-4-6-16(15)19/h3-6,13-14,20H,7-12H2,1-2H3/t13-,14-/m1/s1. The molecule has 23 heavy (non-hydrogen) atoms. The quantitative estimate of drug-likeness (QED) is 0.902. The minimum absolute atomic E-state index is 0.203. The molecule has 2 atom stereocenters. The first kappa shape index (κ1) is 16.7. The van der Waals surface area contributed by atoms with E-state index in [1.165, 1.54) is 0 Å². The van der Waals surface area contributed by atoms with E-state index in [9.17, 15) is 4.79 Å². The molecule has 1 amide bonds. The van der Waals surface area contributed by atoms with Crippen LogP contribution in [-0.2, 0) is 14.9 Å². The zero-order chi connectivity index (χ0) is 16.4. The van der Waals surface area contributed by atoms with Gasteiger partial charge in [0.25, 0.3) is 0 Å². The van der Waals surface area contributed by atoms with Gasteiger partial charge in [-0.25, -0.2) is 0 Å². The van der Waals surface area contributed by atoms with E-state index in [4.69, 9.17) is 16.3 Å². The van der Waals surface area contributed by atoms with Crippen LogP contribution in [-0.4, -0.2) is 49.2 Å². The molecule has 2 fully saturated rings. The van der Waals surface area contributed by atoms with E-state index in [1.807, 2.05) is 29.2 Å². The van der Waals surface area contributed by atoms with Crippen molar-refractivity contribution in [2.45, 2.75) is 44.2 Å². The van der Waals surface area contributed by atoms with Crippen LogP contribution in [0.15, 0.2) is 24.3 Å². The molecule has 0 unspecified atom stereocenters. The second-order valence-electron chi connectivity index (χ2n) is 6.85. The van der Waals surface area contributed by atoms with Gasteiger partial charge in [-0.1, -0.05) is 29.8 Å². The fraction of sp³-hybridized carbons (Fsp3) is 0.611. The number of ether oxygens (including phenoxy) is 1. The number of carbonyl (C=O) groups is 1. The molecule has 2 heterocycles. The van der Waals surface area contributed by atoms with Crippen LogP contribution in [0, 0.1) is 0 Å². The summed E-state index contributed by atoms with van der Waals surface area (Å²) in [6, 6.07) is 8.38. The molecule has 5 heteroatoms. The van der Waals surface area contributed by atoms with Crippen molar-refractivity contribution in [2.75, 3.05) is 26.3 Å². The molecule has 0 spiro atoms. The summed E-state index contributed by atoms with van der Waals surface area (Å²) in [5.41, 5.74) is 0.404. The number of nitrogens with zero attached hydrogens (tertiary/aromatic N) is 1. The third-order valence-electron chi connectivity index (χ3n) is 4.99. The molecule has 0 aliphatic carbocycles. The maximum Gasteiger partial charge on any atom is 0.233 e. The maximum atomic E-state index is 13.5. The van der Waals surface area contributed by atoms with Crippen LogP contribution in [0.25, 0.3) is 0 Å². The number of piperazine rings is 1. The lowest BCUT2D eigenvalue weighted by atomic mass is 9.72. The monoisotopic (exact) mass is 336 g/mol. The van der Waals surface area contributed by atoms with Crippen molar-refractivity contribution in [3.63, 3.8) is 0 Å². The average Bonchev–Trinajstić information content (AvgIpc) is 2.54. The van der Waals surface area contributed by atoms with Gasteiger partial charge in [0.15, 0.2) is 0 Å². The fourth-order valence-electron chi connectivity index (χ4n) is 3.96. The van der Waals surface area contributed by atoms with Crippen LogP contribution >= 0.6 is 11.6 Å². The minimum Gasteiger partial charge on any atom is -0.381 e. The lowest BCUT2D eigenvalue weighted by molar-refractivity contribution is -0.143. The summed E-state index contributed by atoms with van der Waals surface area (Å²) in [7, 11) is 0. The highest BCUT2D eigenvalue weighted by atomic mass is 35.5. The van der Waals surface area contributed by atoms with Gasteiger partial charge in [-0.05, 0) is 38.3 Å². The predicted octanol–water partition coefficient (Wildman–Crippen LogP) is 2.60. The van der Waals surface area contributed by atoms with E-state index < -0.39 is 5.41 Å². The third kappa shape index (κ3) is 3.25. The smallest absolute Gasteiger partial charge is 0.233 e. The highest BCUT2D eigenvalue weighted by molar-refractivity contribution is 6.31. The molecular weight excluding hydrogens is 312 g/mol. The molecule has 1 aromatic rings. The number of halogens is 1. The van der Waals surface area contributed by atoms with Crippen LogP contribution in [0.4, 0.5) is 0 Å². The normalized spacial score (nSPS) is 27.7. The van der Waals surface area contributed by atoms with Gasteiger partial charge in [0.05, 0.1) is 5.41 Å². The first-order valence-corrected chi connectivity index (χ1v) is 8.79. The highest BCUT2D eigenvalue weighted by Gasteiger charge is 2.46. The van der Waals surface area contributed by atoms with Crippen molar-refractivity contribution in [3.8, 4) is 0 Å². The molecule has 3 rings (SSSR count). The zero-order valence-corrected chi connectivity index (χ0v) is 14.6. The molecular formula is C18H25ClN2O2. The minimum atomic E-state index is -0.548. The van der Waals surface area contributed by atoms with E-state index in [1.54, 1.807) is 0 Å². The van der Waals surface area contributed by atoms with Crippen LogP contribution in [0.5, 0.6) is 0 Å². The third-order valence-corrected chi connectivity index (χ3v) is 5.32. The van der Waals surface area contributed by atoms with Gasteiger partial charge in [0, 0.05) is 43.4 Å². The molecule has 0 bridgehead atoms. The SMILES string of the molecule is C[C@@H]1CN(C(=O)C2(c3ccccc3Cl)CCOCC2)C[C@@H](C)N1. The number of amides is 1. The van der Waals surface area contributed by atoms with E-state index in [-0.39, 0.29) is 5.91 Å². The Hall–Kier alpha value is -1.10. The van der Waals surface area contributed by atoms with Crippen molar-refractivity contribution in [3.05, 3.63) is 34.9 Å². The van der Waals surface area contributed by atoms with Crippen LogP contribution in [0.1, 0.15) is 32.3 Å². The molecule has 0 saturated carbocycles. The lowest BCUT2D eigenvalue weighted by Gasteiger charge is -2.44. The number of hydrogen-bond acceptors (Lipinski definition) is 3. The topological polar surface area (TPSA) is 41.6 Å². The largest absolute Gasteiger partial charge is 0.381 e. The predicted molar refractivity (Wildman–Crippen MR) is 91.8 cm³/mol. The Morgan fingerprint density at radius 3 is 2.43 bits per heavy atom. The number of benzene rings is 1. The van der Waals surface area contributed by atoms with E-state index >= 15 is 0 Å². The summed E-state index contributed by atoms with van der Waals surface area (Å²) < 4.78 is 5.54. The lowest BCUT2D eigenvalue weighted by Crippen LogP contribution is -2.60. The number of carbonyl (C=O) groups excluding carboxylic acids is 1. The van der Waals surface area contributed by atoms with Crippen LogP contribution < -0.4 is 5.32 Å². The van der Waals surface area contributed by atoms with E-state index in [0.29, 0.717) is 43.2 Å². The van der Waals surface area contributed by atoms with Gasteiger partial charge in [0.1, 0.15) is 0 Å². The fourth-order valence-corrected chi connectivity index (χ4v) is 4.28. The summed E-state index contributed by atoms with van der Waals surface area (Å²) in [5.74, 6) is 0.203. The Morgan fingerprint density at radius 1 is 1.22 bits per heavy atom. The molecule has 4 nitrogen and oxygen atoms in total. The Labute approximate surface area is 143 Å². The van der Waals surface area contributed by atoms with Crippen LogP contribution in [0.2, 0.25) is 5.02 Å². The molecule has 2 aliphatic heterocycles. The molecule has 126 valence electrons. The summed E-state index contributed by atoms with van der Waals surface area (Å²) in [6.07, 6.45) is 1.39. The average molecular weight is 337 g/mol. The second-order valence-corrected chi connectivity index (χ2v) is 7.26. The van der Waals surface area contributed by atoms with Gasteiger partial charge in [-0.15, -0.1) is 0 Å². The first-order valence-electron chi connectivity index (χ1n) is 8.41. The number of nitrogens with one attached hydrogen (secondary N) is 1. The van der Waals surface area contributed by atoms with Gasteiger partial charge < -0.3 is 15.0 Å². The number of hydrogen-bond donors (Lipinski definition) is 1. The molecule has 1 aromatic carbocycles. The van der Waals surface area contributed by atoms with Crippen molar-refractivity contribution < 1.29 is 9.53 Å². The van der Waals surface area contributed by atoms with Crippen LogP contribution in [0.3, 0.4) is 0 Å². The Bertz CT molecular complexity index is 562. The Kier molecular flexibility index (Phi) is 4.95. The van der Waals surface area contributed by atoms with Crippen molar-refractivity contribution in [2.24, 2.45) is 0 Å². The molecule has 0 aromatic heterocycles. The Morgan fingerprint density at radius 2 is 1.83 bits per heavy atom. The maximum absolute atomic E-state index is 13.5. The van der Waals surface area contributed by atoms with Crippen molar-refractivity contribution >= 4 is 17.5 Å². The first-order chi connectivity index (χ1) is 11.0.